The van der Waals surface area contributed by atoms with Crippen LogP contribution in [0.2, 0.25) is 0 Å². The van der Waals surface area contributed by atoms with Gasteiger partial charge >= 0.3 is 11.9 Å². The molecule has 0 heterocycles. The van der Waals surface area contributed by atoms with Crippen molar-refractivity contribution in [2.75, 3.05) is 25.7 Å². The van der Waals surface area contributed by atoms with E-state index in [2.05, 4.69) is 8.37 Å². The van der Waals surface area contributed by atoms with Crippen molar-refractivity contribution < 1.29 is 45.0 Å². The van der Waals surface area contributed by atoms with Crippen molar-refractivity contribution >= 4 is 32.2 Å². The smallest absolute Gasteiger partial charge is 0.336 e. The molecule has 1 aromatic rings. The summed E-state index contributed by atoms with van der Waals surface area (Å²) >= 11 is 0. The topological polar surface area (TPSA) is 161 Å². The Labute approximate surface area is 150 Å². The lowest BCUT2D eigenvalue weighted by atomic mass is 9.95. The van der Waals surface area contributed by atoms with E-state index >= 15 is 0 Å². The van der Waals surface area contributed by atoms with Crippen molar-refractivity contribution in [1.82, 2.24) is 0 Å². The molecule has 0 aromatic heterocycles. The summed E-state index contributed by atoms with van der Waals surface area (Å²) in [6, 6.07) is 2.21. The first kappa shape index (κ1) is 22.0. The highest BCUT2D eigenvalue weighted by Crippen LogP contribution is 2.20. The Bertz CT molecular complexity index is 825. The minimum absolute atomic E-state index is 0.0263. The molecular formula is C14H18O10S2. The fraction of sp³-hybridized carbons (Fsp3) is 0.429. The number of carboxylic acids is 2. The summed E-state index contributed by atoms with van der Waals surface area (Å²) in [6.07, 6.45) is 1.65. The van der Waals surface area contributed by atoms with Crippen LogP contribution in [0.3, 0.4) is 0 Å². The summed E-state index contributed by atoms with van der Waals surface area (Å²) < 4.78 is 53.3. The average molecular weight is 410 g/mol. The van der Waals surface area contributed by atoms with Crippen molar-refractivity contribution in [3.8, 4) is 0 Å². The molecule has 0 aliphatic carbocycles. The highest BCUT2D eigenvalue weighted by Gasteiger charge is 2.20. The molecule has 1 aromatic carbocycles. The first-order valence-corrected chi connectivity index (χ1v) is 10.7. The van der Waals surface area contributed by atoms with Gasteiger partial charge in [-0.3, -0.25) is 8.37 Å². The monoisotopic (exact) mass is 410 g/mol. The molecule has 10 nitrogen and oxygen atoms in total. The van der Waals surface area contributed by atoms with Gasteiger partial charge in [0.05, 0.1) is 36.9 Å². The van der Waals surface area contributed by atoms with Crippen LogP contribution in [0.5, 0.6) is 0 Å². The van der Waals surface area contributed by atoms with Crippen molar-refractivity contribution in [3.63, 3.8) is 0 Å². The average Bonchev–Trinajstić information content (AvgIpc) is 2.44. The molecular weight excluding hydrogens is 392 g/mol. The van der Waals surface area contributed by atoms with Crippen LogP contribution in [0.4, 0.5) is 0 Å². The number of rotatable bonds is 10. The Kier molecular flexibility index (Phi) is 7.26. The first-order valence-electron chi connectivity index (χ1n) is 7.11. The summed E-state index contributed by atoms with van der Waals surface area (Å²) in [5, 5.41) is 18.3. The number of carbonyl (C=O) groups is 2. The maximum atomic E-state index is 11.3. The summed E-state index contributed by atoms with van der Waals surface area (Å²) in [6.45, 7) is -0.575. The summed E-state index contributed by atoms with van der Waals surface area (Å²) in [5.41, 5.74) is -0.319. The van der Waals surface area contributed by atoms with E-state index in [4.69, 9.17) is 0 Å². The highest BCUT2D eigenvalue weighted by molar-refractivity contribution is 7.86. The van der Waals surface area contributed by atoms with Crippen LogP contribution in [0.25, 0.3) is 0 Å². The van der Waals surface area contributed by atoms with Crippen LogP contribution in [-0.2, 0) is 41.4 Å². The molecule has 12 heteroatoms. The number of hydrogen-bond donors (Lipinski definition) is 2. The maximum absolute atomic E-state index is 11.3. The van der Waals surface area contributed by atoms with E-state index in [1.165, 1.54) is 0 Å². The SMILES string of the molecule is CS(=O)(=O)OCCc1cc(C(=O)O)c(C(=O)O)cc1CCOS(C)(=O)=O. The molecule has 0 spiro atoms. The molecule has 0 unspecified atom stereocenters. The number of hydrogen-bond acceptors (Lipinski definition) is 8. The first-order chi connectivity index (χ1) is 11.8. The van der Waals surface area contributed by atoms with Gasteiger partial charge in [0.1, 0.15) is 0 Å². The van der Waals surface area contributed by atoms with Crippen LogP contribution in [0.1, 0.15) is 31.8 Å². The van der Waals surface area contributed by atoms with Gasteiger partial charge in [-0.1, -0.05) is 0 Å². The lowest BCUT2D eigenvalue weighted by Gasteiger charge is -2.13. The lowest BCUT2D eigenvalue weighted by Crippen LogP contribution is -2.14. The second kappa shape index (κ2) is 8.58. The normalized spacial score (nSPS) is 12.1. The van der Waals surface area contributed by atoms with Crippen LogP contribution in [-0.4, -0.2) is 64.7 Å². The highest BCUT2D eigenvalue weighted by atomic mass is 32.2. The van der Waals surface area contributed by atoms with Crippen molar-refractivity contribution in [3.05, 3.63) is 34.4 Å². The van der Waals surface area contributed by atoms with Crippen LogP contribution < -0.4 is 0 Å². The van der Waals surface area contributed by atoms with Crippen molar-refractivity contribution in [2.24, 2.45) is 0 Å². The van der Waals surface area contributed by atoms with Gasteiger partial charge in [-0.2, -0.15) is 16.8 Å². The predicted octanol–water partition coefficient (Wildman–Crippen LogP) is 0.120. The zero-order valence-corrected chi connectivity index (χ0v) is 15.6. The molecule has 0 bridgehead atoms. The molecule has 26 heavy (non-hydrogen) atoms. The molecule has 0 saturated heterocycles. The third-order valence-electron chi connectivity index (χ3n) is 3.14. The van der Waals surface area contributed by atoms with Gasteiger partial charge in [0.15, 0.2) is 0 Å². The van der Waals surface area contributed by atoms with E-state index < -0.39 is 43.3 Å². The Morgan fingerprint density at radius 1 is 0.808 bits per heavy atom. The summed E-state index contributed by atoms with van der Waals surface area (Å²) in [7, 11) is -7.41. The third kappa shape index (κ3) is 7.47. The molecule has 146 valence electrons. The molecule has 0 saturated carbocycles. The minimum atomic E-state index is -3.71. The fourth-order valence-corrected chi connectivity index (χ4v) is 2.89. The van der Waals surface area contributed by atoms with Gasteiger partial charge in [0, 0.05) is 0 Å². The minimum Gasteiger partial charge on any atom is -0.478 e. The zero-order chi connectivity index (χ0) is 20.1. The Balaban J connectivity index is 3.21. The molecule has 0 atom stereocenters. The second-order valence-electron chi connectivity index (χ2n) is 5.33. The molecule has 1 rings (SSSR count). The van der Waals surface area contributed by atoms with E-state index in [0.29, 0.717) is 11.1 Å². The van der Waals surface area contributed by atoms with E-state index in [-0.39, 0.29) is 26.1 Å². The maximum Gasteiger partial charge on any atom is 0.336 e. The number of aromatic carboxylic acids is 2. The van der Waals surface area contributed by atoms with Crippen molar-refractivity contribution in [1.29, 1.82) is 0 Å². The molecule has 0 fully saturated rings. The predicted molar refractivity (Wildman–Crippen MR) is 89.4 cm³/mol. The van der Waals surface area contributed by atoms with E-state index in [9.17, 15) is 36.6 Å². The Hall–Kier alpha value is -2.02. The zero-order valence-electron chi connectivity index (χ0n) is 14.0. The van der Waals surface area contributed by atoms with Crippen LogP contribution in [0.15, 0.2) is 12.1 Å². The quantitative estimate of drug-likeness (QED) is 0.507. The standard InChI is InChI=1S/C14H18O10S2/c1-25(19,20)23-5-3-9-7-11(13(15)16)12(14(17)18)8-10(9)4-6-24-26(2,21)22/h7-8H,3-6H2,1-2H3,(H,15,16)(H,17,18). The Morgan fingerprint density at radius 2 is 1.12 bits per heavy atom. The number of benzene rings is 1. The van der Waals surface area contributed by atoms with E-state index in [1.54, 1.807) is 0 Å². The fourth-order valence-electron chi connectivity index (χ4n) is 2.11. The van der Waals surface area contributed by atoms with Gasteiger partial charge in [-0.25, -0.2) is 9.59 Å². The van der Waals surface area contributed by atoms with Gasteiger partial charge in [0.2, 0.25) is 0 Å². The van der Waals surface area contributed by atoms with Gasteiger partial charge in [0.25, 0.3) is 20.2 Å². The molecule has 0 aliphatic heterocycles. The van der Waals surface area contributed by atoms with Gasteiger partial charge in [-0.05, 0) is 36.1 Å². The van der Waals surface area contributed by atoms with Crippen LogP contribution >= 0.6 is 0 Å². The summed E-state index contributed by atoms with van der Waals surface area (Å²) in [4.78, 5) is 22.5. The molecule has 2 N–H and O–H groups in total. The molecule has 0 radical (unpaired) electrons. The second-order valence-corrected chi connectivity index (χ2v) is 8.62. The lowest BCUT2D eigenvalue weighted by molar-refractivity contribution is 0.0651. The van der Waals surface area contributed by atoms with Crippen LogP contribution in [0, 0.1) is 0 Å². The Morgan fingerprint density at radius 3 is 1.35 bits per heavy atom. The largest absolute Gasteiger partial charge is 0.478 e. The molecule has 0 amide bonds. The summed E-state index contributed by atoms with van der Waals surface area (Å²) in [5.74, 6) is -2.93. The van der Waals surface area contributed by atoms with Crippen molar-refractivity contribution in [2.45, 2.75) is 12.8 Å². The number of carboxylic acid groups (broad SMARTS) is 2. The van der Waals surface area contributed by atoms with E-state index in [0.717, 1.165) is 24.6 Å². The van der Waals surface area contributed by atoms with E-state index in [1.807, 2.05) is 0 Å². The van der Waals surface area contributed by atoms with Gasteiger partial charge < -0.3 is 10.2 Å². The molecule has 0 aliphatic rings. The van der Waals surface area contributed by atoms with Gasteiger partial charge in [-0.15, -0.1) is 0 Å². The third-order valence-corrected chi connectivity index (χ3v) is 4.33.